The summed E-state index contributed by atoms with van der Waals surface area (Å²) in [4.78, 5) is 12.6. The van der Waals surface area contributed by atoms with E-state index in [-0.39, 0.29) is 5.91 Å². The van der Waals surface area contributed by atoms with Gasteiger partial charge in [-0.05, 0) is 32.8 Å². The summed E-state index contributed by atoms with van der Waals surface area (Å²) >= 11 is 5.03. The number of carbonyl (C=O) groups is 1. The predicted octanol–water partition coefficient (Wildman–Crippen LogP) is 1.65. The smallest absolute Gasteiger partial charge is 0.270 e. The van der Waals surface area contributed by atoms with Crippen LogP contribution in [0.5, 0.6) is 0 Å². The predicted molar refractivity (Wildman–Crippen MR) is 80.2 cm³/mol. The Labute approximate surface area is 119 Å². The van der Waals surface area contributed by atoms with Crippen LogP contribution in [0.2, 0.25) is 0 Å². The molecule has 6 heteroatoms. The van der Waals surface area contributed by atoms with E-state index in [1.165, 1.54) is 0 Å². The first-order valence-corrected chi connectivity index (χ1v) is 6.97. The van der Waals surface area contributed by atoms with Crippen molar-refractivity contribution >= 4 is 23.1 Å². The fourth-order valence-electron chi connectivity index (χ4n) is 1.71. The van der Waals surface area contributed by atoms with Crippen LogP contribution >= 0.6 is 12.2 Å². The van der Waals surface area contributed by atoms with E-state index >= 15 is 0 Å². The van der Waals surface area contributed by atoms with Gasteiger partial charge >= 0.3 is 0 Å². The van der Waals surface area contributed by atoms with Crippen molar-refractivity contribution in [2.45, 2.75) is 52.6 Å². The van der Waals surface area contributed by atoms with E-state index in [0.717, 1.165) is 12.1 Å². The van der Waals surface area contributed by atoms with E-state index < -0.39 is 5.54 Å². The van der Waals surface area contributed by atoms with E-state index in [9.17, 15) is 4.79 Å². The number of amides is 1. The Morgan fingerprint density at radius 3 is 2.58 bits per heavy atom. The normalized spacial score (nSPS) is 13.9. The molecule has 0 saturated carbocycles. The van der Waals surface area contributed by atoms with Crippen LogP contribution in [0, 0.1) is 0 Å². The van der Waals surface area contributed by atoms with Gasteiger partial charge < -0.3 is 11.1 Å². The van der Waals surface area contributed by atoms with Gasteiger partial charge in [0.05, 0.1) is 16.2 Å². The molecule has 0 bridgehead atoms. The number of thiocarbonyl (C=S) groups is 1. The first kappa shape index (κ1) is 15.6. The van der Waals surface area contributed by atoms with Gasteiger partial charge in [-0.2, -0.15) is 5.10 Å². The quantitative estimate of drug-likeness (QED) is 0.778. The van der Waals surface area contributed by atoms with Crippen molar-refractivity contribution in [1.29, 1.82) is 0 Å². The number of nitrogens with one attached hydrogen (secondary N) is 1. The zero-order valence-corrected chi connectivity index (χ0v) is 12.8. The monoisotopic (exact) mass is 282 g/mol. The third kappa shape index (κ3) is 3.32. The number of hydrogen-bond acceptors (Lipinski definition) is 3. The molecule has 0 aliphatic rings. The summed E-state index contributed by atoms with van der Waals surface area (Å²) in [5, 5.41) is 7.27. The van der Waals surface area contributed by atoms with Crippen LogP contribution in [0.25, 0.3) is 0 Å². The number of nitrogens with two attached hydrogens (primary N) is 1. The van der Waals surface area contributed by atoms with Crippen molar-refractivity contribution in [3.05, 3.63) is 17.5 Å². The molecule has 1 heterocycles. The van der Waals surface area contributed by atoms with E-state index in [4.69, 9.17) is 18.0 Å². The topological polar surface area (TPSA) is 72.9 Å². The lowest BCUT2D eigenvalue weighted by atomic mass is 9.99. The van der Waals surface area contributed by atoms with E-state index in [1.807, 2.05) is 33.8 Å². The highest BCUT2D eigenvalue weighted by Gasteiger charge is 2.29. The van der Waals surface area contributed by atoms with Crippen molar-refractivity contribution in [2.24, 2.45) is 5.73 Å². The highest BCUT2D eigenvalue weighted by Crippen LogP contribution is 2.12. The summed E-state index contributed by atoms with van der Waals surface area (Å²) in [5.41, 5.74) is 6.49. The van der Waals surface area contributed by atoms with Crippen LogP contribution in [0.3, 0.4) is 0 Å². The lowest BCUT2D eigenvalue weighted by molar-refractivity contribution is 0.0915. The molecule has 5 nitrogen and oxygen atoms in total. The van der Waals surface area contributed by atoms with E-state index in [1.54, 1.807) is 4.68 Å². The zero-order valence-electron chi connectivity index (χ0n) is 12.0. The molecule has 0 spiro atoms. The Hall–Kier alpha value is -1.43. The fourth-order valence-corrected chi connectivity index (χ4v) is 1.90. The third-order valence-corrected chi connectivity index (χ3v) is 3.82. The van der Waals surface area contributed by atoms with Crippen molar-refractivity contribution in [3.63, 3.8) is 0 Å². The third-order valence-electron chi connectivity index (χ3n) is 3.37. The minimum Gasteiger partial charge on any atom is -0.391 e. The lowest BCUT2D eigenvalue weighted by Gasteiger charge is -2.28. The van der Waals surface area contributed by atoms with Gasteiger partial charge in [-0.15, -0.1) is 0 Å². The van der Waals surface area contributed by atoms with Crippen LogP contribution in [-0.4, -0.2) is 26.2 Å². The Morgan fingerprint density at radius 1 is 1.53 bits per heavy atom. The molecule has 1 amide bonds. The van der Waals surface area contributed by atoms with Gasteiger partial charge in [-0.1, -0.05) is 26.1 Å². The van der Waals surface area contributed by atoms with Crippen LogP contribution in [0.4, 0.5) is 0 Å². The molecule has 1 rings (SSSR count). The molecule has 1 unspecified atom stereocenters. The summed E-state index contributed by atoms with van der Waals surface area (Å²) in [6.07, 6.45) is 1.45. The maximum Gasteiger partial charge on any atom is 0.270 e. The standard InChI is InChI=1S/C13H22N4OS/c1-5-9-8-10(17(7-3)16-9)11(18)15-13(4,6-2)12(14)19/h8H,5-7H2,1-4H3,(H2,14,19)(H,15,18). The molecule has 0 aromatic carbocycles. The van der Waals surface area contributed by atoms with Crippen molar-refractivity contribution in [1.82, 2.24) is 15.1 Å². The van der Waals surface area contributed by atoms with Crippen molar-refractivity contribution < 1.29 is 4.79 Å². The maximum atomic E-state index is 12.3. The molecule has 0 fully saturated rings. The van der Waals surface area contributed by atoms with Crippen LogP contribution in [0.15, 0.2) is 6.07 Å². The average molecular weight is 282 g/mol. The SMILES string of the molecule is CCc1cc(C(=O)NC(C)(CC)C(N)=S)n(CC)n1. The number of rotatable bonds is 6. The number of aromatic nitrogens is 2. The second-order valence-electron chi connectivity index (χ2n) is 4.69. The molecular formula is C13H22N4OS. The second kappa shape index (κ2) is 6.14. The van der Waals surface area contributed by atoms with Gasteiger partial charge in [0.1, 0.15) is 5.69 Å². The fraction of sp³-hybridized carbons (Fsp3) is 0.615. The second-order valence-corrected chi connectivity index (χ2v) is 5.13. The van der Waals surface area contributed by atoms with Gasteiger partial charge in [0.2, 0.25) is 0 Å². The average Bonchev–Trinajstić information content (AvgIpc) is 2.81. The highest BCUT2D eigenvalue weighted by molar-refractivity contribution is 7.80. The van der Waals surface area contributed by atoms with Gasteiger partial charge in [0.25, 0.3) is 5.91 Å². The molecule has 1 aromatic heterocycles. The first-order valence-electron chi connectivity index (χ1n) is 6.57. The van der Waals surface area contributed by atoms with Crippen LogP contribution in [0.1, 0.15) is 50.3 Å². The zero-order chi connectivity index (χ0) is 14.6. The Kier molecular flexibility index (Phi) is 5.05. The molecule has 106 valence electrons. The first-order chi connectivity index (χ1) is 8.87. The number of hydrogen-bond donors (Lipinski definition) is 2. The molecule has 0 aliphatic carbocycles. The summed E-state index contributed by atoms with van der Waals surface area (Å²) in [6, 6.07) is 1.81. The molecule has 19 heavy (non-hydrogen) atoms. The maximum absolute atomic E-state index is 12.3. The lowest BCUT2D eigenvalue weighted by Crippen LogP contribution is -2.54. The Bertz CT molecular complexity index is 483. The molecule has 0 aliphatic heterocycles. The molecule has 0 saturated heterocycles. The molecule has 1 atom stereocenters. The van der Waals surface area contributed by atoms with Crippen molar-refractivity contribution in [3.8, 4) is 0 Å². The van der Waals surface area contributed by atoms with E-state index in [2.05, 4.69) is 10.4 Å². The summed E-state index contributed by atoms with van der Waals surface area (Å²) < 4.78 is 1.70. The Morgan fingerprint density at radius 2 is 2.16 bits per heavy atom. The minimum atomic E-state index is -0.665. The summed E-state index contributed by atoms with van der Waals surface area (Å²) in [5.74, 6) is -0.189. The molecule has 1 aromatic rings. The largest absolute Gasteiger partial charge is 0.391 e. The van der Waals surface area contributed by atoms with Crippen LogP contribution in [-0.2, 0) is 13.0 Å². The number of aryl methyl sites for hydroxylation is 2. The van der Waals surface area contributed by atoms with Crippen molar-refractivity contribution in [2.75, 3.05) is 0 Å². The van der Waals surface area contributed by atoms with Gasteiger partial charge in [0.15, 0.2) is 0 Å². The van der Waals surface area contributed by atoms with Gasteiger partial charge in [-0.3, -0.25) is 9.48 Å². The Balaban J connectivity index is 3.00. The molecule has 3 N–H and O–H groups in total. The number of carbonyl (C=O) groups excluding carboxylic acids is 1. The molecular weight excluding hydrogens is 260 g/mol. The summed E-state index contributed by atoms with van der Waals surface area (Å²) in [6.45, 7) is 8.39. The van der Waals surface area contributed by atoms with E-state index in [0.29, 0.717) is 23.6 Å². The highest BCUT2D eigenvalue weighted by atomic mass is 32.1. The van der Waals surface area contributed by atoms with Crippen LogP contribution < -0.4 is 11.1 Å². The van der Waals surface area contributed by atoms with Gasteiger partial charge in [-0.25, -0.2) is 0 Å². The molecule has 0 radical (unpaired) electrons. The minimum absolute atomic E-state index is 0.189. The van der Waals surface area contributed by atoms with Gasteiger partial charge in [0, 0.05) is 6.54 Å². The summed E-state index contributed by atoms with van der Waals surface area (Å²) in [7, 11) is 0. The number of nitrogens with zero attached hydrogens (tertiary/aromatic N) is 2.